The Morgan fingerprint density at radius 1 is 1.23 bits per heavy atom. The molecular formula is C12H16O. The van der Waals surface area contributed by atoms with Crippen LogP contribution in [0, 0.1) is 0 Å². The minimum atomic E-state index is 0.329. The summed E-state index contributed by atoms with van der Waals surface area (Å²) in [6, 6.07) is 7.38. The van der Waals surface area contributed by atoms with E-state index in [2.05, 4.69) is 19.9 Å². The fourth-order valence-electron chi connectivity index (χ4n) is 1.39. The van der Waals surface area contributed by atoms with Crippen LogP contribution in [0.15, 0.2) is 30.3 Å². The maximum atomic E-state index is 9.12. The van der Waals surface area contributed by atoms with E-state index in [1.54, 1.807) is 12.1 Å². The number of phenols is 1. The van der Waals surface area contributed by atoms with Gasteiger partial charge in [0.05, 0.1) is 0 Å². The number of phenolic OH excluding ortho intramolecular Hbond substituents is 1. The van der Waals surface area contributed by atoms with Gasteiger partial charge in [0.25, 0.3) is 0 Å². The van der Waals surface area contributed by atoms with Crippen LogP contribution in [0.25, 0.3) is 5.57 Å². The van der Waals surface area contributed by atoms with E-state index >= 15 is 0 Å². The molecule has 1 N–H and O–H groups in total. The van der Waals surface area contributed by atoms with E-state index in [-0.39, 0.29) is 0 Å². The normalized spacial score (nSPS) is 11.7. The summed E-state index contributed by atoms with van der Waals surface area (Å²) in [5, 5.41) is 9.12. The van der Waals surface area contributed by atoms with E-state index in [0.29, 0.717) is 5.75 Å². The van der Waals surface area contributed by atoms with Gasteiger partial charge in [0.1, 0.15) is 5.75 Å². The minimum Gasteiger partial charge on any atom is -0.508 e. The summed E-state index contributed by atoms with van der Waals surface area (Å²) >= 11 is 0. The highest BCUT2D eigenvalue weighted by atomic mass is 16.3. The number of benzene rings is 1. The quantitative estimate of drug-likeness (QED) is 0.746. The van der Waals surface area contributed by atoms with Crippen molar-refractivity contribution < 1.29 is 5.11 Å². The molecule has 1 rings (SSSR count). The summed E-state index contributed by atoms with van der Waals surface area (Å²) < 4.78 is 0. The Balaban J connectivity index is 2.92. The molecule has 1 heteroatoms. The number of rotatable bonds is 3. The van der Waals surface area contributed by atoms with Crippen molar-refractivity contribution in [3.05, 3.63) is 35.9 Å². The second-order valence-corrected chi connectivity index (χ2v) is 3.04. The van der Waals surface area contributed by atoms with Gasteiger partial charge in [-0.25, -0.2) is 0 Å². The van der Waals surface area contributed by atoms with Gasteiger partial charge in [0.2, 0.25) is 0 Å². The highest BCUT2D eigenvalue weighted by molar-refractivity contribution is 5.65. The van der Waals surface area contributed by atoms with E-state index in [9.17, 15) is 0 Å². The van der Waals surface area contributed by atoms with Gasteiger partial charge in [-0.3, -0.25) is 0 Å². The molecule has 0 aromatic heterocycles. The molecule has 1 aromatic carbocycles. The predicted molar refractivity (Wildman–Crippen MR) is 56.7 cm³/mol. The highest BCUT2D eigenvalue weighted by Crippen LogP contribution is 2.20. The van der Waals surface area contributed by atoms with Crippen LogP contribution in [0.5, 0.6) is 5.75 Å². The summed E-state index contributed by atoms with van der Waals surface area (Å²) in [6.45, 7) is 4.28. The zero-order valence-electron chi connectivity index (χ0n) is 8.25. The summed E-state index contributed by atoms with van der Waals surface area (Å²) in [7, 11) is 0. The molecule has 1 aromatic rings. The van der Waals surface area contributed by atoms with Crippen molar-refractivity contribution in [1.29, 1.82) is 0 Å². The third kappa shape index (κ3) is 2.62. The predicted octanol–water partition coefficient (Wildman–Crippen LogP) is 3.60. The fraction of sp³-hybridized carbons (Fsp3) is 0.333. The van der Waals surface area contributed by atoms with E-state index in [4.69, 9.17) is 5.11 Å². The van der Waals surface area contributed by atoms with Crippen LogP contribution in [0.4, 0.5) is 0 Å². The van der Waals surface area contributed by atoms with Crippen LogP contribution >= 0.6 is 0 Å². The fourth-order valence-corrected chi connectivity index (χ4v) is 1.39. The van der Waals surface area contributed by atoms with Gasteiger partial charge in [0.15, 0.2) is 0 Å². The molecule has 0 spiro atoms. The third-order valence-corrected chi connectivity index (χ3v) is 2.07. The smallest absolute Gasteiger partial charge is 0.115 e. The second-order valence-electron chi connectivity index (χ2n) is 3.04. The Morgan fingerprint density at radius 3 is 2.31 bits per heavy atom. The van der Waals surface area contributed by atoms with Crippen LogP contribution in [0.3, 0.4) is 0 Å². The Bertz CT molecular complexity index is 282. The molecule has 0 saturated heterocycles. The molecule has 70 valence electrons. The average molecular weight is 176 g/mol. The topological polar surface area (TPSA) is 20.2 Å². The van der Waals surface area contributed by atoms with Gasteiger partial charge < -0.3 is 5.11 Å². The first-order valence-corrected chi connectivity index (χ1v) is 4.76. The first-order valence-electron chi connectivity index (χ1n) is 4.76. The SMILES string of the molecule is CC/C=C(/CC)c1ccc(O)cc1. The maximum absolute atomic E-state index is 9.12. The number of hydrogen-bond acceptors (Lipinski definition) is 1. The van der Waals surface area contributed by atoms with Crippen molar-refractivity contribution >= 4 is 5.57 Å². The summed E-state index contributed by atoms with van der Waals surface area (Å²) in [6.07, 6.45) is 4.33. The monoisotopic (exact) mass is 176 g/mol. The van der Waals surface area contributed by atoms with Crippen molar-refractivity contribution in [1.82, 2.24) is 0 Å². The summed E-state index contributed by atoms with van der Waals surface area (Å²) in [4.78, 5) is 0. The number of allylic oxidation sites excluding steroid dienone is 2. The standard InChI is InChI=1S/C12H16O/c1-3-5-10(4-2)11-6-8-12(13)9-7-11/h5-9,13H,3-4H2,1-2H3/b10-5-. The van der Waals surface area contributed by atoms with Crippen molar-refractivity contribution in [2.75, 3.05) is 0 Å². The molecule has 0 aliphatic rings. The number of hydrogen-bond donors (Lipinski definition) is 1. The molecule has 0 radical (unpaired) electrons. The van der Waals surface area contributed by atoms with E-state index in [0.717, 1.165) is 12.8 Å². The second kappa shape index (κ2) is 4.70. The lowest BCUT2D eigenvalue weighted by Crippen LogP contribution is -1.81. The lowest BCUT2D eigenvalue weighted by Gasteiger charge is -2.04. The first-order chi connectivity index (χ1) is 6.27. The van der Waals surface area contributed by atoms with E-state index in [1.165, 1.54) is 11.1 Å². The molecular weight excluding hydrogens is 160 g/mol. The molecule has 0 unspecified atom stereocenters. The van der Waals surface area contributed by atoms with Gasteiger partial charge in [-0.2, -0.15) is 0 Å². The first kappa shape index (κ1) is 9.85. The van der Waals surface area contributed by atoms with Gasteiger partial charge >= 0.3 is 0 Å². The Morgan fingerprint density at radius 2 is 1.85 bits per heavy atom. The van der Waals surface area contributed by atoms with Crippen LogP contribution in [-0.4, -0.2) is 5.11 Å². The average Bonchev–Trinajstić information content (AvgIpc) is 2.16. The van der Waals surface area contributed by atoms with Crippen molar-refractivity contribution in [3.8, 4) is 5.75 Å². The van der Waals surface area contributed by atoms with Crippen molar-refractivity contribution in [2.45, 2.75) is 26.7 Å². The lowest BCUT2D eigenvalue weighted by atomic mass is 10.0. The molecule has 0 bridgehead atoms. The largest absolute Gasteiger partial charge is 0.508 e. The van der Waals surface area contributed by atoms with Gasteiger partial charge in [-0.1, -0.05) is 32.1 Å². The molecule has 0 fully saturated rings. The minimum absolute atomic E-state index is 0.329. The van der Waals surface area contributed by atoms with E-state index in [1.807, 2.05) is 12.1 Å². The highest BCUT2D eigenvalue weighted by Gasteiger charge is 1.97. The lowest BCUT2D eigenvalue weighted by molar-refractivity contribution is 0.475. The van der Waals surface area contributed by atoms with Crippen molar-refractivity contribution in [2.24, 2.45) is 0 Å². The molecule has 0 saturated carbocycles. The summed E-state index contributed by atoms with van der Waals surface area (Å²) in [5.74, 6) is 0.329. The van der Waals surface area contributed by atoms with Crippen LogP contribution < -0.4 is 0 Å². The van der Waals surface area contributed by atoms with Gasteiger partial charge in [-0.05, 0) is 36.1 Å². The third-order valence-electron chi connectivity index (χ3n) is 2.07. The number of aromatic hydroxyl groups is 1. The Hall–Kier alpha value is -1.24. The van der Waals surface area contributed by atoms with Gasteiger partial charge in [-0.15, -0.1) is 0 Å². The Kier molecular flexibility index (Phi) is 3.56. The van der Waals surface area contributed by atoms with Crippen LogP contribution in [0.1, 0.15) is 32.3 Å². The molecule has 0 atom stereocenters. The molecule has 0 heterocycles. The summed E-state index contributed by atoms with van der Waals surface area (Å²) in [5.41, 5.74) is 2.56. The van der Waals surface area contributed by atoms with E-state index < -0.39 is 0 Å². The molecule has 13 heavy (non-hydrogen) atoms. The maximum Gasteiger partial charge on any atom is 0.115 e. The molecule has 0 aliphatic carbocycles. The van der Waals surface area contributed by atoms with Crippen LogP contribution in [-0.2, 0) is 0 Å². The van der Waals surface area contributed by atoms with Gasteiger partial charge in [0, 0.05) is 0 Å². The van der Waals surface area contributed by atoms with Crippen molar-refractivity contribution in [3.63, 3.8) is 0 Å². The Labute approximate surface area is 79.7 Å². The van der Waals surface area contributed by atoms with Crippen LogP contribution in [0.2, 0.25) is 0 Å². The zero-order valence-corrected chi connectivity index (χ0v) is 8.25. The molecule has 0 aliphatic heterocycles. The molecule has 0 amide bonds. The zero-order chi connectivity index (χ0) is 9.68. The molecule has 1 nitrogen and oxygen atoms in total.